The average Bonchev–Trinajstić information content (AvgIpc) is 2.93. The topological polar surface area (TPSA) is 135 Å². The SMILES string of the molecule is CC[Si](CC)(CC)O[C@H]1C[C@H](OC(C)=O)[C@]2(C)[C@H](C[C@@H]3C[C@H](OC(C)=O)C(C)=C([C@@H](OC(C)=O)[C@@H]2OC(C)=O)C3(C)C)[C@@H]1CO. The van der Waals surface area contributed by atoms with Gasteiger partial charge in [-0.25, -0.2) is 0 Å². The van der Waals surface area contributed by atoms with Gasteiger partial charge in [0.05, 0.1) is 6.10 Å². The van der Waals surface area contributed by atoms with E-state index in [0.717, 1.165) is 29.3 Å². The minimum Gasteiger partial charge on any atom is -0.462 e. The fraction of sp³-hybridized carbons (Fsp3) is 0.824. The molecule has 1 N–H and O–H groups in total. The number of aliphatic hydroxyl groups is 1. The number of carbonyl (C=O) groups excluding carboxylic acids is 4. The van der Waals surface area contributed by atoms with Crippen molar-refractivity contribution in [2.24, 2.45) is 28.6 Å². The van der Waals surface area contributed by atoms with Crippen molar-refractivity contribution in [3.63, 3.8) is 0 Å². The van der Waals surface area contributed by atoms with Crippen LogP contribution < -0.4 is 0 Å². The summed E-state index contributed by atoms with van der Waals surface area (Å²) in [4.78, 5) is 50.7. The van der Waals surface area contributed by atoms with E-state index in [-0.39, 0.29) is 24.4 Å². The molecule has 0 aromatic rings. The Bertz CT molecular complexity index is 1150. The maximum Gasteiger partial charge on any atom is 0.303 e. The van der Waals surface area contributed by atoms with Gasteiger partial charge in [-0.3, -0.25) is 19.2 Å². The van der Waals surface area contributed by atoms with E-state index in [1.165, 1.54) is 27.7 Å². The van der Waals surface area contributed by atoms with Crippen molar-refractivity contribution in [1.29, 1.82) is 0 Å². The van der Waals surface area contributed by atoms with E-state index in [0.29, 0.717) is 19.3 Å². The van der Waals surface area contributed by atoms with Crippen LogP contribution in [0.2, 0.25) is 18.1 Å². The first-order chi connectivity index (χ1) is 20.9. The van der Waals surface area contributed by atoms with Gasteiger partial charge in [-0.2, -0.15) is 0 Å². The molecule has 256 valence electrons. The predicted molar refractivity (Wildman–Crippen MR) is 170 cm³/mol. The van der Waals surface area contributed by atoms with Crippen LogP contribution in [0, 0.1) is 28.6 Å². The summed E-state index contributed by atoms with van der Waals surface area (Å²) in [5, 5.41) is 11.2. The zero-order chi connectivity index (χ0) is 34.1. The lowest BCUT2D eigenvalue weighted by molar-refractivity contribution is -0.231. The van der Waals surface area contributed by atoms with Crippen molar-refractivity contribution in [1.82, 2.24) is 0 Å². The molecule has 3 rings (SSSR count). The first kappa shape index (κ1) is 37.2. The lowest BCUT2D eigenvalue weighted by atomic mass is 9.48. The van der Waals surface area contributed by atoms with Gasteiger partial charge in [-0.05, 0) is 66.3 Å². The third-order valence-electron chi connectivity index (χ3n) is 11.5. The van der Waals surface area contributed by atoms with E-state index in [4.69, 9.17) is 23.4 Å². The molecule has 0 heterocycles. The van der Waals surface area contributed by atoms with Gasteiger partial charge in [0.2, 0.25) is 0 Å². The predicted octanol–water partition coefficient (Wildman–Crippen LogP) is 5.50. The molecule has 2 fully saturated rings. The Kier molecular flexibility index (Phi) is 11.8. The minimum atomic E-state index is -2.18. The summed E-state index contributed by atoms with van der Waals surface area (Å²) in [6.07, 6.45) is -2.48. The third kappa shape index (κ3) is 7.20. The zero-order valence-electron chi connectivity index (χ0n) is 29.2. The Labute approximate surface area is 270 Å². The molecule has 0 aromatic carbocycles. The molecule has 0 unspecified atom stereocenters. The van der Waals surface area contributed by atoms with Crippen molar-refractivity contribution in [3.8, 4) is 0 Å². The molecule has 0 amide bonds. The fourth-order valence-corrected chi connectivity index (χ4v) is 11.8. The van der Waals surface area contributed by atoms with Crippen LogP contribution >= 0.6 is 0 Å². The molecule has 0 aliphatic heterocycles. The number of carbonyl (C=O) groups is 4. The number of rotatable bonds is 10. The summed E-state index contributed by atoms with van der Waals surface area (Å²) in [5.41, 5.74) is -0.156. The highest BCUT2D eigenvalue weighted by molar-refractivity contribution is 6.73. The van der Waals surface area contributed by atoms with E-state index in [1.807, 2.05) is 13.8 Å². The molecule has 2 bridgehead atoms. The number of aliphatic hydroxyl groups excluding tert-OH is 1. The van der Waals surface area contributed by atoms with Gasteiger partial charge in [0.25, 0.3) is 0 Å². The second-order valence-corrected chi connectivity index (χ2v) is 18.9. The van der Waals surface area contributed by atoms with Gasteiger partial charge in [0.15, 0.2) is 20.5 Å². The Morgan fingerprint density at radius 1 is 0.800 bits per heavy atom. The minimum absolute atomic E-state index is 0.0856. The third-order valence-corrected chi connectivity index (χ3v) is 16.2. The molecule has 45 heavy (non-hydrogen) atoms. The molecular weight excluding hydrogens is 596 g/mol. The second kappa shape index (κ2) is 14.3. The number of fused-ring (bicyclic) bond motifs is 3. The maximum atomic E-state index is 12.9. The zero-order valence-corrected chi connectivity index (χ0v) is 30.2. The largest absolute Gasteiger partial charge is 0.462 e. The number of esters is 4. The normalized spacial score (nSPS) is 34.5. The van der Waals surface area contributed by atoms with Crippen LogP contribution in [-0.2, 0) is 42.6 Å². The molecule has 10 nitrogen and oxygen atoms in total. The molecule has 3 aliphatic carbocycles. The number of hydrogen-bond acceptors (Lipinski definition) is 10. The Hall–Kier alpha value is -2.24. The smallest absolute Gasteiger partial charge is 0.303 e. The van der Waals surface area contributed by atoms with Gasteiger partial charge in [0, 0.05) is 52.1 Å². The van der Waals surface area contributed by atoms with E-state index >= 15 is 0 Å². The average molecular weight is 653 g/mol. The van der Waals surface area contributed by atoms with Crippen molar-refractivity contribution < 1.29 is 47.7 Å². The fourth-order valence-electron chi connectivity index (χ4n) is 8.90. The highest BCUT2D eigenvalue weighted by Crippen LogP contribution is 2.61. The van der Waals surface area contributed by atoms with Crippen molar-refractivity contribution in [2.75, 3.05) is 6.61 Å². The number of hydrogen-bond donors (Lipinski definition) is 1. The molecule has 11 heteroatoms. The quantitative estimate of drug-likeness (QED) is 0.139. The lowest BCUT2D eigenvalue weighted by Crippen LogP contribution is -2.67. The van der Waals surface area contributed by atoms with E-state index in [1.54, 1.807) is 0 Å². The molecule has 9 atom stereocenters. The van der Waals surface area contributed by atoms with Crippen LogP contribution in [0.15, 0.2) is 11.1 Å². The molecule has 0 radical (unpaired) electrons. The Balaban J connectivity index is 2.40. The monoisotopic (exact) mass is 652 g/mol. The van der Waals surface area contributed by atoms with Crippen molar-refractivity contribution >= 4 is 32.2 Å². The molecular formula is C34H56O10Si. The van der Waals surface area contributed by atoms with Gasteiger partial charge in [-0.1, -0.05) is 41.5 Å². The summed E-state index contributed by atoms with van der Waals surface area (Å²) in [7, 11) is -2.18. The van der Waals surface area contributed by atoms with Crippen LogP contribution in [0.4, 0.5) is 0 Å². The first-order valence-electron chi connectivity index (χ1n) is 16.6. The molecule has 0 spiro atoms. The lowest BCUT2D eigenvalue weighted by Gasteiger charge is -2.61. The van der Waals surface area contributed by atoms with Crippen LogP contribution in [0.5, 0.6) is 0 Å². The van der Waals surface area contributed by atoms with E-state index < -0.39 is 73.5 Å². The molecule has 2 saturated carbocycles. The summed E-state index contributed by atoms with van der Waals surface area (Å²) < 4.78 is 31.4. The summed E-state index contributed by atoms with van der Waals surface area (Å²) in [6.45, 7) is 19.6. The van der Waals surface area contributed by atoms with Gasteiger partial charge >= 0.3 is 23.9 Å². The van der Waals surface area contributed by atoms with Gasteiger partial charge < -0.3 is 28.5 Å². The molecule has 0 aromatic heterocycles. The summed E-state index contributed by atoms with van der Waals surface area (Å²) in [5.74, 6) is -2.90. The van der Waals surface area contributed by atoms with Crippen LogP contribution in [0.1, 0.15) is 95.4 Å². The Morgan fingerprint density at radius 3 is 1.80 bits per heavy atom. The Morgan fingerprint density at radius 2 is 1.33 bits per heavy atom. The summed E-state index contributed by atoms with van der Waals surface area (Å²) >= 11 is 0. The van der Waals surface area contributed by atoms with Crippen LogP contribution in [-0.4, -0.2) is 74.4 Å². The molecule has 0 saturated heterocycles. The second-order valence-electron chi connectivity index (χ2n) is 14.2. The van der Waals surface area contributed by atoms with E-state index in [2.05, 4.69) is 34.6 Å². The maximum absolute atomic E-state index is 12.9. The van der Waals surface area contributed by atoms with Gasteiger partial charge in [-0.15, -0.1) is 0 Å². The molecule has 3 aliphatic rings. The van der Waals surface area contributed by atoms with Crippen molar-refractivity contribution in [2.45, 2.75) is 144 Å². The first-order valence-corrected chi connectivity index (χ1v) is 19.1. The highest BCUT2D eigenvalue weighted by atomic mass is 28.4. The van der Waals surface area contributed by atoms with Gasteiger partial charge in [0.1, 0.15) is 12.2 Å². The highest BCUT2D eigenvalue weighted by Gasteiger charge is 2.65. The van der Waals surface area contributed by atoms with Crippen LogP contribution in [0.3, 0.4) is 0 Å². The number of ether oxygens (including phenoxy) is 4. The van der Waals surface area contributed by atoms with Crippen molar-refractivity contribution in [3.05, 3.63) is 11.1 Å². The van der Waals surface area contributed by atoms with Crippen LogP contribution in [0.25, 0.3) is 0 Å². The van der Waals surface area contributed by atoms with E-state index in [9.17, 15) is 24.3 Å². The standard InChI is InChI=1S/C34H56O10Si/c1-12-45(13-2,14-3)44-28-17-29(41-21(6)37)34(11)26(25(28)18-35)15-24-16-27(40-20(5)36)19(4)30(33(24,9)10)31(42-22(7)38)32(34)43-23(8)39/h24-29,31-32,35H,12-18H2,1-11H3/t24-,25+,26-,27+,28+,29+,31-,32+,34+/m1/s1. The summed E-state index contributed by atoms with van der Waals surface area (Å²) in [6, 6.07) is 2.73.